The summed E-state index contributed by atoms with van der Waals surface area (Å²) in [6.07, 6.45) is 1.08. The number of ether oxygens (including phenoxy) is 1. The summed E-state index contributed by atoms with van der Waals surface area (Å²) in [6.45, 7) is 8.46. The van der Waals surface area contributed by atoms with Crippen LogP contribution in [0.5, 0.6) is 5.75 Å². The van der Waals surface area contributed by atoms with Gasteiger partial charge in [-0.25, -0.2) is 0 Å². The van der Waals surface area contributed by atoms with E-state index in [0.29, 0.717) is 6.54 Å². The predicted octanol–water partition coefficient (Wildman–Crippen LogP) is 4.36. The third-order valence-electron chi connectivity index (χ3n) is 4.17. The van der Waals surface area contributed by atoms with Gasteiger partial charge in [-0.2, -0.15) is 8.78 Å². The van der Waals surface area contributed by atoms with Crippen LogP contribution in [-0.2, 0) is 6.54 Å². The second-order valence-electron chi connectivity index (χ2n) is 6.92. The Balaban J connectivity index is 2.05. The summed E-state index contributed by atoms with van der Waals surface area (Å²) in [6, 6.07) is 5.19. The van der Waals surface area contributed by atoms with Crippen LogP contribution < -0.4 is 4.74 Å². The van der Waals surface area contributed by atoms with E-state index < -0.39 is 6.61 Å². The van der Waals surface area contributed by atoms with Crippen molar-refractivity contribution in [1.29, 1.82) is 0 Å². The highest BCUT2D eigenvalue weighted by Crippen LogP contribution is 2.27. The molecule has 1 aromatic carbocycles. The fourth-order valence-electron chi connectivity index (χ4n) is 2.92. The van der Waals surface area contributed by atoms with Gasteiger partial charge in [-0.05, 0) is 58.5 Å². The van der Waals surface area contributed by atoms with Crippen LogP contribution in [0.3, 0.4) is 0 Å². The number of alkyl halides is 2. The van der Waals surface area contributed by atoms with Crippen molar-refractivity contribution in [3.8, 4) is 5.75 Å². The fraction of sp³-hybridized carbons (Fsp3) is 0.647. The van der Waals surface area contributed by atoms with Crippen molar-refractivity contribution in [2.75, 3.05) is 26.2 Å². The number of nitrogens with zero attached hydrogens (tertiary/aromatic N) is 2. The first-order valence-corrected chi connectivity index (χ1v) is 8.75. The summed E-state index contributed by atoms with van der Waals surface area (Å²) < 4.78 is 30.7. The van der Waals surface area contributed by atoms with Gasteiger partial charge in [-0.15, -0.1) is 0 Å². The monoisotopic (exact) mass is 390 g/mol. The minimum atomic E-state index is -2.80. The van der Waals surface area contributed by atoms with E-state index in [1.165, 1.54) is 0 Å². The van der Waals surface area contributed by atoms with Crippen LogP contribution in [0.15, 0.2) is 22.7 Å². The lowest BCUT2D eigenvalue weighted by Gasteiger charge is -2.34. The fourth-order valence-corrected chi connectivity index (χ4v) is 3.33. The Labute approximate surface area is 145 Å². The van der Waals surface area contributed by atoms with E-state index in [0.717, 1.165) is 42.6 Å². The van der Waals surface area contributed by atoms with E-state index >= 15 is 0 Å². The number of rotatable bonds is 4. The summed E-state index contributed by atoms with van der Waals surface area (Å²) >= 11 is 3.41. The van der Waals surface area contributed by atoms with Gasteiger partial charge in [0.25, 0.3) is 0 Å². The van der Waals surface area contributed by atoms with Gasteiger partial charge in [-0.1, -0.05) is 15.9 Å². The Hall–Kier alpha value is -0.720. The lowest BCUT2D eigenvalue weighted by atomic mass is 10.1. The first kappa shape index (κ1) is 18.6. The molecule has 0 saturated carbocycles. The summed E-state index contributed by atoms with van der Waals surface area (Å²) in [5.74, 6) is 0.264. The highest BCUT2D eigenvalue weighted by molar-refractivity contribution is 9.10. The molecule has 3 nitrogen and oxygen atoms in total. The van der Waals surface area contributed by atoms with E-state index in [9.17, 15) is 8.78 Å². The maximum absolute atomic E-state index is 12.6. The highest BCUT2D eigenvalue weighted by atomic mass is 79.9. The van der Waals surface area contributed by atoms with Crippen LogP contribution in [0.2, 0.25) is 0 Å². The Morgan fingerprint density at radius 3 is 2.57 bits per heavy atom. The van der Waals surface area contributed by atoms with Gasteiger partial charge >= 0.3 is 6.61 Å². The molecule has 0 unspecified atom stereocenters. The molecule has 0 amide bonds. The van der Waals surface area contributed by atoms with Crippen molar-refractivity contribution >= 4 is 15.9 Å². The maximum atomic E-state index is 12.6. The molecule has 1 aromatic rings. The van der Waals surface area contributed by atoms with Crippen molar-refractivity contribution in [3.63, 3.8) is 0 Å². The molecule has 0 aromatic heterocycles. The molecule has 1 heterocycles. The molecule has 0 bridgehead atoms. The van der Waals surface area contributed by atoms with Gasteiger partial charge in [0.2, 0.25) is 0 Å². The number of hydrogen-bond acceptors (Lipinski definition) is 3. The van der Waals surface area contributed by atoms with Crippen LogP contribution >= 0.6 is 15.9 Å². The van der Waals surface area contributed by atoms with E-state index in [4.69, 9.17) is 0 Å². The molecule has 130 valence electrons. The molecule has 1 saturated heterocycles. The lowest BCUT2D eigenvalue weighted by Crippen LogP contribution is -2.43. The van der Waals surface area contributed by atoms with E-state index in [1.54, 1.807) is 12.1 Å². The Morgan fingerprint density at radius 2 is 1.91 bits per heavy atom. The number of hydrogen-bond donors (Lipinski definition) is 0. The van der Waals surface area contributed by atoms with Crippen LogP contribution in [0.25, 0.3) is 0 Å². The standard InChI is InChI=1S/C17H25BrF2N2O/c1-17(2,3)22-8-4-7-21(9-10-22)12-13-11-14(18)5-6-15(13)23-16(19)20/h5-6,11,16H,4,7-10,12H2,1-3H3. The van der Waals surface area contributed by atoms with E-state index in [2.05, 4.69) is 51.2 Å². The quantitative estimate of drug-likeness (QED) is 0.759. The zero-order valence-electron chi connectivity index (χ0n) is 14.0. The summed E-state index contributed by atoms with van der Waals surface area (Å²) in [5.41, 5.74) is 0.958. The summed E-state index contributed by atoms with van der Waals surface area (Å²) in [7, 11) is 0. The van der Waals surface area contributed by atoms with E-state index in [1.807, 2.05) is 6.07 Å². The largest absolute Gasteiger partial charge is 0.434 e. The predicted molar refractivity (Wildman–Crippen MR) is 92.0 cm³/mol. The van der Waals surface area contributed by atoms with Gasteiger partial charge in [-0.3, -0.25) is 9.80 Å². The topological polar surface area (TPSA) is 15.7 Å². The molecule has 1 fully saturated rings. The van der Waals surface area contributed by atoms with E-state index in [-0.39, 0.29) is 11.3 Å². The van der Waals surface area contributed by atoms with Crippen molar-refractivity contribution in [2.24, 2.45) is 0 Å². The molecule has 0 spiro atoms. The molecule has 0 radical (unpaired) electrons. The molecule has 2 rings (SSSR count). The molecule has 23 heavy (non-hydrogen) atoms. The molecular formula is C17H25BrF2N2O. The molecular weight excluding hydrogens is 366 g/mol. The smallest absolute Gasteiger partial charge is 0.387 e. The van der Waals surface area contributed by atoms with Crippen LogP contribution in [-0.4, -0.2) is 48.1 Å². The normalized spacial score (nSPS) is 18.2. The van der Waals surface area contributed by atoms with Crippen LogP contribution in [0.1, 0.15) is 32.8 Å². The van der Waals surface area contributed by atoms with Crippen LogP contribution in [0.4, 0.5) is 8.78 Å². The minimum absolute atomic E-state index is 0.162. The Kier molecular flexibility index (Phi) is 6.40. The van der Waals surface area contributed by atoms with Crippen molar-refractivity contribution in [2.45, 2.75) is 45.9 Å². The van der Waals surface area contributed by atoms with Gasteiger partial charge in [0.05, 0.1) is 0 Å². The van der Waals surface area contributed by atoms with Gasteiger partial charge < -0.3 is 4.74 Å². The Morgan fingerprint density at radius 1 is 1.17 bits per heavy atom. The van der Waals surface area contributed by atoms with Crippen molar-refractivity contribution in [3.05, 3.63) is 28.2 Å². The first-order valence-electron chi connectivity index (χ1n) is 7.96. The van der Waals surface area contributed by atoms with Gasteiger partial charge in [0.15, 0.2) is 0 Å². The maximum Gasteiger partial charge on any atom is 0.387 e. The summed E-state index contributed by atoms with van der Waals surface area (Å²) in [4.78, 5) is 4.79. The molecule has 6 heteroatoms. The average molecular weight is 391 g/mol. The number of halogens is 3. The highest BCUT2D eigenvalue weighted by Gasteiger charge is 2.24. The third-order valence-corrected chi connectivity index (χ3v) is 4.66. The van der Waals surface area contributed by atoms with Crippen LogP contribution in [0, 0.1) is 0 Å². The average Bonchev–Trinajstić information content (AvgIpc) is 2.66. The summed E-state index contributed by atoms with van der Waals surface area (Å²) in [5, 5.41) is 0. The molecule has 1 aliphatic rings. The molecule has 1 aliphatic heterocycles. The lowest BCUT2D eigenvalue weighted by molar-refractivity contribution is -0.0507. The minimum Gasteiger partial charge on any atom is -0.434 e. The molecule has 0 N–H and O–H groups in total. The molecule has 0 aliphatic carbocycles. The Bertz CT molecular complexity index is 520. The van der Waals surface area contributed by atoms with Crippen molar-refractivity contribution in [1.82, 2.24) is 9.80 Å². The zero-order valence-corrected chi connectivity index (χ0v) is 15.6. The second-order valence-corrected chi connectivity index (χ2v) is 7.83. The van der Waals surface area contributed by atoms with Crippen molar-refractivity contribution < 1.29 is 13.5 Å². The number of benzene rings is 1. The zero-order chi connectivity index (χ0) is 17.0. The molecule has 0 atom stereocenters. The third kappa shape index (κ3) is 5.69. The van der Waals surface area contributed by atoms with Gasteiger partial charge in [0.1, 0.15) is 5.75 Å². The SMILES string of the molecule is CC(C)(C)N1CCCN(Cc2cc(Br)ccc2OC(F)F)CC1. The second kappa shape index (κ2) is 7.90. The first-order chi connectivity index (χ1) is 10.8. The van der Waals surface area contributed by atoms with Gasteiger partial charge in [0, 0.05) is 35.2 Å².